The second-order valence-corrected chi connectivity index (χ2v) is 1.86. The summed E-state index contributed by atoms with van der Waals surface area (Å²) in [6.45, 7) is 0. The highest BCUT2D eigenvalue weighted by molar-refractivity contribution is 4.94. The maximum atomic E-state index is 11.0. The van der Waals surface area contributed by atoms with Crippen molar-refractivity contribution in [3.8, 4) is 0 Å². The highest BCUT2D eigenvalue weighted by Gasteiger charge is 2.34. The van der Waals surface area contributed by atoms with E-state index < -0.39 is 36.7 Å². The Balaban J connectivity index is 0. The van der Waals surface area contributed by atoms with Crippen molar-refractivity contribution < 1.29 is 43.9 Å². The number of allylic oxidation sites excluding steroid dienone is 2. The molecule has 0 saturated heterocycles. The molecule has 96 valence electrons. The first kappa shape index (κ1) is 17.2. The van der Waals surface area contributed by atoms with Crippen LogP contribution in [0.1, 0.15) is 0 Å². The first-order chi connectivity index (χ1) is 7.03. The van der Waals surface area contributed by atoms with Crippen LogP contribution in [-0.2, 0) is 0 Å². The van der Waals surface area contributed by atoms with Gasteiger partial charge in [0.15, 0.2) is 0 Å². The van der Waals surface area contributed by atoms with E-state index in [0.29, 0.717) is 0 Å². The Morgan fingerprint density at radius 2 is 1.31 bits per heavy atom. The molecular formula is C6H2F10. The number of alkyl halides is 5. The SMILES string of the molecule is FC(F)=C(F)C(F)F.FC=C(F)C(F)(F)F. The van der Waals surface area contributed by atoms with E-state index in [-0.39, 0.29) is 0 Å². The smallest absolute Gasteiger partial charge is 0.212 e. The summed E-state index contributed by atoms with van der Waals surface area (Å²) < 4.78 is 108. The fraction of sp³-hybridized carbons (Fsp3) is 0.333. The van der Waals surface area contributed by atoms with Crippen LogP contribution < -0.4 is 0 Å². The van der Waals surface area contributed by atoms with Gasteiger partial charge in [-0.15, -0.1) is 0 Å². The van der Waals surface area contributed by atoms with Gasteiger partial charge in [0, 0.05) is 0 Å². The Hall–Kier alpha value is -1.22. The summed E-state index contributed by atoms with van der Waals surface area (Å²) in [7, 11) is 0. The van der Waals surface area contributed by atoms with E-state index in [1.807, 2.05) is 0 Å². The second kappa shape index (κ2) is 7.12. The van der Waals surface area contributed by atoms with Crippen molar-refractivity contribution in [2.24, 2.45) is 0 Å². The molecule has 0 saturated carbocycles. The summed E-state index contributed by atoms with van der Waals surface area (Å²) in [6, 6.07) is 0. The van der Waals surface area contributed by atoms with Crippen LogP contribution in [0.4, 0.5) is 43.9 Å². The van der Waals surface area contributed by atoms with Crippen LogP contribution in [-0.4, -0.2) is 12.6 Å². The van der Waals surface area contributed by atoms with Gasteiger partial charge in [0.25, 0.3) is 6.43 Å². The summed E-state index contributed by atoms with van der Waals surface area (Å²) in [5.41, 5.74) is 0. The lowest BCUT2D eigenvalue weighted by Gasteiger charge is -1.97. The maximum Gasteiger partial charge on any atom is 0.445 e. The predicted octanol–water partition coefficient (Wildman–Crippen LogP) is 4.66. The Kier molecular flexibility index (Phi) is 7.65. The summed E-state index contributed by atoms with van der Waals surface area (Å²) in [5.74, 6) is -5.36. The van der Waals surface area contributed by atoms with Gasteiger partial charge in [-0.05, 0) is 0 Å². The first-order valence-electron chi connectivity index (χ1n) is 3.05. The van der Waals surface area contributed by atoms with Gasteiger partial charge >= 0.3 is 12.3 Å². The third kappa shape index (κ3) is 8.12. The molecule has 0 aliphatic rings. The Morgan fingerprint density at radius 3 is 1.31 bits per heavy atom. The Morgan fingerprint density at radius 1 is 0.938 bits per heavy atom. The van der Waals surface area contributed by atoms with Crippen molar-refractivity contribution in [3.63, 3.8) is 0 Å². The molecule has 0 amide bonds. The third-order valence-corrected chi connectivity index (χ3v) is 0.739. The molecular weight excluding hydrogens is 262 g/mol. The highest BCUT2D eigenvalue weighted by atomic mass is 19.4. The van der Waals surface area contributed by atoms with Gasteiger partial charge in [0.05, 0.1) is 0 Å². The monoisotopic (exact) mass is 264 g/mol. The molecule has 0 bridgehead atoms. The quantitative estimate of drug-likeness (QED) is 0.604. The number of hydrogen-bond acceptors (Lipinski definition) is 0. The summed E-state index contributed by atoms with van der Waals surface area (Å²) >= 11 is 0. The summed E-state index contributed by atoms with van der Waals surface area (Å²) in [4.78, 5) is 0. The molecule has 0 radical (unpaired) electrons. The van der Waals surface area contributed by atoms with E-state index in [0.717, 1.165) is 0 Å². The van der Waals surface area contributed by atoms with E-state index in [4.69, 9.17) is 0 Å². The van der Waals surface area contributed by atoms with Gasteiger partial charge in [0.1, 0.15) is 6.33 Å². The third-order valence-electron chi connectivity index (χ3n) is 0.739. The van der Waals surface area contributed by atoms with Gasteiger partial charge in [-0.25, -0.2) is 13.2 Å². The van der Waals surface area contributed by atoms with Gasteiger partial charge in [-0.1, -0.05) is 0 Å². The molecule has 0 aromatic heterocycles. The van der Waals surface area contributed by atoms with Crippen LogP contribution in [0.5, 0.6) is 0 Å². The van der Waals surface area contributed by atoms with Crippen LogP contribution in [0.15, 0.2) is 24.1 Å². The van der Waals surface area contributed by atoms with Crippen molar-refractivity contribution in [1.82, 2.24) is 0 Å². The van der Waals surface area contributed by atoms with Crippen LogP contribution in [0.2, 0.25) is 0 Å². The van der Waals surface area contributed by atoms with E-state index in [1.165, 1.54) is 0 Å². The molecule has 10 heteroatoms. The average Bonchev–Trinajstić information content (AvgIpc) is 2.14. The Labute approximate surface area is 81.8 Å². The minimum absolute atomic E-state index is 1.12. The lowest BCUT2D eigenvalue weighted by molar-refractivity contribution is -0.109. The molecule has 0 rings (SSSR count). The zero-order chi connectivity index (χ0) is 13.5. The zero-order valence-corrected chi connectivity index (χ0v) is 6.93. The molecule has 0 heterocycles. The van der Waals surface area contributed by atoms with Crippen molar-refractivity contribution in [2.75, 3.05) is 0 Å². The molecule has 0 aromatic carbocycles. The lowest BCUT2D eigenvalue weighted by Crippen LogP contribution is -2.06. The van der Waals surface area contributed by atoms with E-state index >= 15 is 0 Å². The fourth-order valence-corrected chi connectivity index (χ4v) is 0.144. The largest absolute Gasteiger partial charge is 0.445 e. The molecule has 0 aromatic rings. The predicted molar refractivity (Wildman–Crippen MR) is 32.7 cm³/mol. The van der Waals surface area contributed by atoms with Gasteiger partial charge < -0.3 is 0 Å². The van der Waals surface area contributed by atoms with E-state index in [1.54, 1.807) is 0 Å². The first-order valence-corrected chi connectivity index (χ1v) is 3.05. The van der Waals surface area contributed by atoms with Crippen molar-refractivity contribution >= 4 is 0 Å². The molecule has 0 fully saturated rings. The average molecular weight is 264 g/mol. The standard InChI is InChI=1S/2C3HF5/c4-1-2(5)3(6,7)8;4-1(2(5)6)3(7)8/h1H;2H. The van der Waals surface area contributed by atoms with Crippen molar-refractivity contribution in [3.05, 3.63) is 24.1 Å². The molecule has 0 nitrogen and oxygen atoms in total. The molecule has 0 aliphatic heterocycles. The molecule has 0 spiro atoms. The number of halogens is 10. The highest BCUT2D eigenvalue weighted by Crippen LogP contribution is 2.25. The van der Waals surface area contributed by atoms with E-state index in [9.17, 15) is 43.9 Å². The second-order valence-electron chi connectivity index (χ2n) is 1.86. The fourth-order valence-electron chi connectivity index (χ4n) is 0.144. The van der Waals surface area contributed by atoms with Gasteiger partial charge in [-0.3, -0.25) is 0 Å². The van der Waals surface area contributed by atoms with Crippen molar-refractivity contribution in [2.45, 2.75) is 12.6 Å². The lowest BCUT2D eigenvalue weighted by atomic mass is 10.6. The van der Waals surface area contributed by atoms with Crippen LogP contribution in [0, 0.1) is 0 Å². The minimum atomic E-state index is -5.17. The minimum Gasteiger partial charge on any atom is -0.212 e. The van der Waals surface area contributed by atoms with Gasteiger partial charge in [-0.2, -0.15) is 30.7 Å². The van der Waals surface area contributed by atoms with Gasteiger partial charge in [0.2, 0.25) is 11.7 Å². The molecule has 0 aliphatic carbocycles. The Bertz CT molecular complexity index is 255. The normalized spacial score (nSPS) is 12.1. The number of hydrogen-bond donors (Lipinski definition) is 0. The summed E-state index contributed by atoms with van der Waals surface area (Å²) in [6.07, 6.45) is -12.9. The summed E-state index contributed by atoms with van der Waals surface area (Å²) in [5, 5.41) is 0. The molecule has 0 atom stereocenters. The molecule has 16 heavy (non-hydrogen) atoms. The number of rotatable bonds is 1. The van der Waals surface area contributed by atoms with Crippen LogP contribution in [0.3, 0.4) is 0 Å². The maximum absolute atomic E-state index is 11.0. The van der Waals surface area contributed by atoms with Crippen LogP contribution >= 0.6 is 0 Å². The molecule has 0 N–H and O–H groups in total. The zero-order valence-electron chi connectivity index (χ0n) is 6.93. The molecule has 0 unspecified atom stereocenters. The van der Waals surface area contributed by atoms with E-state index in [2.05, 4.69) is 0 Å². The van der Waals surface area contributed by atoms with Crippen LogP contribution in [0.25, 0.3) is 0 Å². The van der Waals surface area contributed by atoms with Crippen molar-refractivity contribution in [1.29, 1.82) is 0 Å². The topological polar surface area (TPSA) is 0 Å².